The van der Waals surface area contributed by atoms with Gasteiger partial charge in [-0.05, 0) is 26.0 Å². The van der Waals surface area contributed by atoms with E-state index in [9.17, 15) is 41.1 Å². The number of carboxylic acids is 2. The van der Waals surface area contributed by atoms with E-state index in [0.717, 1.165) is 41.9 Å². The predicted octanol–water partition coefficient (Wildman–Crippen LogP) is -1.88. The SMILES string of the molecule is C[n+]1c2ccc(OC[C@H](O/N=C(\C(=O)N[C@@H]3C(=O)N(OS(=O)(=O)O)C3(C)C)c3csc(N)n3)C(=O)O)cc2cn1CC1CNC1.O=C([O-])C(F)(F)F. The molecule has 3 aromatic rings. The number of carboxylic acid groups (broad SMARTS) is 2. The van der Waals surface area contributed by atoms with E-state index in [4.69, 9.17) is 29.8 Å². The van der Waals surface area contributed by atoms with Gasteiger partial charge < -0.3 is 40.9 Å². The third-order valence-corrected chi connectivity index (χ3v) is 8.62. The van der Waals surface area contributed by atoms with Crippen molar-refractivity contribution in [2.75, 3.05) is 25.4 Å². The van der Waals surface area contributed by atoms with Crippen LogP contribution >= 0.6 is 11.3 Å². The molecule has 2 amide bonds. The van der Waals surface area contributed by atoms with Gasteiger partial charge in [-0.3, -0.25) is 14.1 Å². The number of amides is 2. The van der Waals surface area contributed by atoms with E-state index in [0.29, 0.717) is 16.7 Å². The fraction of sp³-hybridized carbons (Fsp3) is 0.444. The lowest BCUT2D eigenvalue weighted by atomic mass is 9.84. The molecule has 0 unspecified atom stereocenters. The number of nitrogens with one attached hydrogen (secondary N) is 2. The molecule has 5 rings (SSSR count). The number of aliphatic carboxylic acids is 2. The molecule has 0 radical (unpaired) electrons. The number of carbonyl (C=O) groups excluding carboxylic acids is 3. The number of thiazole rings is 1. The maximum atomic E-state index is 13.2. The van der Waals surface area contributed by atoms with Gasteiger partial charge in [-0.15, -0.1) is 20.3 Å². The lowest BCUT2D eigenvalue weighted by Gasteiger charge is -2.50. The summed E-state index contributed by atoms with van der Waals surface area (Å²) >= 11 is 0.968. The number of hydroxylamine groups is 2. The fourth-order valence-corrected chi connectivity index (χ4v) is 5.78. The number of oxime groups is 1. The number of alkyl halides is 3. The molecule has 284 valence electrons. The van der Waals surface area contributed by atoms with Crippen LogP contribution in [-0.4, -0.2) is 106 Å². The lowest BCUT2D eigenvalue weighted by Crippen LogP contribution is -2.76. The molecule has 2 fully saturated rings. The zero-order valence-corrected chi connectivity index (χ0v) is 28.8. The summed E-state index contributed by atoms with van der Waals surface area (Å²) in [6.07, 6.45) is -4.87. The molecule has 20 nitrogen and oxygen atoms in total. The molecule has 0 aliphatic carbocycles. The van der Waals surface area contributed by atoms with E-state index in [1.54, 1.807) is 12.1 Å². The van der Waals surface area contributed by atoms with Crippen molar-refractivity contribution in [1.29, 1.82) is 0 Å². The Balaban J connectivity index is 0.000000785. The molecule has 25 heteroatoms. The summed E-state index contributed by atoms with van der Waals surface area (Å²) in [6, 6.07) is 4.01. The summed E-state index contributed by atoms with van der Waals surface area (Å²) in [5.74, 6) is -5.50. The van der Waals surface area contributed by atoms with Crippen molar-refractivity contribution in [3.8, 4) is 5.75 Å². The van der Waals surface area contributed by atoms with Crippen molar-refractivity contribution in [1.82, 2.24) is 25.4 Å². The molecule has 52 heavy (non-hydrogen) atoms. The van der Waals surface area contributed by atoms with Gasteiger partial charge in [-0.2, -0.15) is 31.3 Å². The first-order valence-corrected chi connectivity index (χ1v) is 16.9. The van der Waals surface area contributed by atoms with Gasteiger partial charge in [-0.25, -0.2) is 9.78 Å². The Morgan fingerprint density at radius 2 is 1.96 bits per heavy atom. The summed E-state index contributed by atoms with van der Waals surface area (Å²) < 4.78 is 76.8. The van der Waals surface area contributed by atoms with E-state index in [1.807, 2.05) is 24.0 Å². The Morgan fingerprint density at radius 1 is 1.31 bits per heavy atom. The monoisotopic (exact) mass is 780 g/mol. The lowest BCUT2D eigenvalue weighted by molar-refractivity contribution is -0.731. The number of anilines is 1. The third-order valence-electron chi connectivity index (χ3n) is 7.61. The van der Waals surface area contributed by atoms with Crippen molar-refractivity contribution in [2.24, 2.45) is 18.1 Å². The van der Waals surface area contributed by atoms with E-state index in [2.05, 4.69) is 29.7 Å². The number of fused-ring (bicyclic) bond motifs is 1. The molecule has 0 bridgehead atoms. The quantitative estimate of drug-likeness (QED) is 0.0417. The number of nitrogen functional groups attached to an aromatic ring is 1. The van der Waals surface area contributed by atoms with Crippen molar-refractivity contribution in [3.05, 3.63) is 35.5 Å². The zero-order valence-electron chi connectivity index (χ0n) is 27.2. The Kier molecular flexibility index (Phi) is 11.6. The number of aromatic nitrogens is 3. The minimum absolute atomic E-state index is 0.0679. The zero-order chi connectivity index (χ0) is 38.8. The van der Waals surface area contributed by atoms with Crippen LogP contribution in [0.3, 0.4) is 0 Å². The van der Waals surface area contributed by atoms with Gasteiger partial charge in [0.05, 0.1) is 23.7 Å². The molecule has 2 aromatic heterocycles. The summed E-state index contributed by atoms with van der Waals surface area (Å²) in [5, 5.41) is 30.6. The number of nitrogens with two attached hydrogens (primary N) is 1. The average molecular weight is 781 g/mol. The largest absolute Gasteiger partial charge is 0.542 e. The second kappa shape index (κ2) is 15.2. The van der Waals surface area contributed by atoms with Crippen LogP contribution in [0.1, 0.15) is 19.5 Å². The van der Waals surface area contributed by atoms with Gasteiger partial charge in [0.2, 0.25) is 5.52 Å². The number of aryl methyl sites for hydroxylation is 1. The van der Waals surface area contributed by atoms with E-state index < -0.39 is 70.3 Å². The Morgan fingerprint density at radius 3 is 2.46 bits per heavy atom. The van der Waals surface area contributed by atoms with Crippen LogP contribution in [0.4, 0.5) is 18.3 Å². The second-order valence-electron chi connectivity index (χ2n) is 11.8. The highest BCUT2D eigenvalue weighted by Crippen LogP contribution is 2.33. The van der Waals surface area contributed by atoms with E-state index in [1.165, 1.54) is 19.2 Å². The Bertz CT molecular complexity index is 2000. The number of rotatable bonds is 13. The highest BCUT2D eigenvalue weighted by molar-refractivity contribution is 7.80. The molecule has 4 heterocycles. The molecule has 0 saturated carbocycles. The maximum Gasteiger partial charge on any atom is 0.430 e. The molecule has 2 atom stereocenters. The van der Waals surface area contributed by atoms with Gasteiger partial charge in [-0.1, -0.05) is 5.16 Å². The first-order valence-electron chi connectivity index (χ1n) is 14.7. The van der Waals surface area contributed by atoms with E-state index >= 15 is 0 Å². The minimum atomic E-state index is -5.19. The average Bonchev–Trinajstić information content (AvgIpc) is 3.58. The van der Waals surface area contributed by atoms with Gasteiger partial charge in [0, 0.05) is 30.5 Å². The first kappa shape index (κ1) is 39.7. The van der Waals surface area contributed by atoms with Crippen molar-refractivity contribution < 1.29 is 74.1 Å². The second-order valence-corrected chi connectivity index (χ2v) is 13.6. The first-order chi connectivity index (χ1) is 24.1. The number of carbonyl (C=O) groups is 4. The van der Waals surface area contributed by atoms with Crippen molar-refractivity contribution in [2.45, 2.75) is 44.3 Å². The predicted molar refractivity (Wildman–Crippen MR) is 167 cm³/mol. The molecule has 1 aromatic carbocycles. The summed E-state index contributed by atoms with van der Waals surface area (Å²) in [5.41, 5.74) is 4.66. The van der Waals surface area contributed by atoms with Crippen LogP contribution in [0, 0.1) is 5.92 Å². The van der Waals surface area contributed by atoms with E-state index in [-0.39, 0.29) is 10.8 Å². The maximum absolute atomic E-state index is 13.2. The van der Waals surface area contributed by atoms with Crippen LogP contribution < -0.4 is 30.9 Å². The number of hydrogen-bond acceptors (Lipinski definition) is 15. The van der Waals surface area contributed by atoms with Crippen molar-refractivity contribution >= 4 is 67.2 Å². The van der Waals surface area contributed by atoms with Crippen LogP contribution in [0.5, 0.6) is 5.75 Å². The smallest absolute Gasteiger partial charge is 0.430 e. The molecular weight excluding hydrogens is 749 g/mol. The Labute approximate surface area is 295 Å². The molecule has 2 saturated heterocycles. The summed E-state index contributed by atoms with van der Waals surface area (Å²) in [6.45, 7) is 5.04. The van der Waals surface area contributed by atoms with Gasteiger partial charge in [0.25, 0.3) is 17.9 Å². The number of benzene rings is 1. The number of ether oxygens (including phenoxy) is 1. The minimum Gasteiger partial charge on any atom is -0.542 e. The number of β-lactam (4-membered cyclic amide) rings is 1. The molecule has 6 N–H and O–H groups in total. The fourth-order valence-electron chi connectivity index (χ4n) is 4.78. The summed E-state index contributed by atoms with van der Waals surface area (Å²) in [7, 11) is -3.05. The molecule has 2 aliphatic rings. The van der Waals surface area contributed by atoms with Gasteiger partial charge in [0.15, 0.2) is 17.9 Å². The van der Waals surface area contributed by atoms with Gasteiger partial charge in [0.1, 0.15) is 30.1 Å². The topological polar surface area (TPSA) is 281 Å². The summed E-state index contributed by atoms with van der Waals surface area (Å²) in [4.78, 5) is 55.7. The highest BCUT2D eigenvalue weighted by atomic mass is 32.3. The normalized spacial score (nSPS) is 18.1. The number of halogens is 3. The highest BCUT2D eigenvalue weighted by Gasteiger charge is 2.58. The van der Waals surface area contributed by atoms with Crippen LogP contribution in [-0.2, 0) is 52.3 Å². The third kappa shape index (κ3) is 9.40. The van der Waals surface area contributed by atoms with Gasteiger partial charge >= 0.3 is 22.5 Å². The molecular formula is C27H31F3N8O12S2. The van der Waals surface area contributed by atoms with Crippen LogP contribution in [0.15, 0.2) is 34.9 Å². The molecule has 2 aliphatic heterocycles. The number of hydrogen-bond donors (Lipinski definition) is 5. The van der Waals surface area contributed by atoms with Crippen LogP contribution in [0.25, 0.3) is 10.9 Å². The van der Waals surface area contributed by atoms with Crippen molar-refractivity contribution in [3.63, 3.8) is 0 Å². The Hall–Kier alpha value is -5.11. The molecule has 0 spiro atoms. The van der Waals surface area contributed by atoms with Crippen LogP contribution in [0.2, 0.25) is 0 Å². The standard InChI is InChI=1S/C25H30N8O10S2.C2HF3O2/c1-25(2)20(22(35)33(25)43-45(38,39)40)29-21(34)19(16-12-44-24(26)28-16)30-42-18(23(36)37)11-41-15-4-5-17-14(6-15)10-32(31(17)3)9-13-7-27-8-13;3-2(4,5)1(6)7/h4-6,10,12-13,18,20,27H,7-9,11H2,1-3H3,(H4-,26,28,29,34,36,37,38,39,40);(H,6,7)/b30-19-;/t18-,20+;/m0./s1. The number of nitrogens with zero attached hydrogens (tertiary/aromatic N) is 5.